The molecule has 2 fully saturated rings. The van der Waals surface area contributed by atoms with Crippen LogP contribution in [0.25, 0.3) is 16.9 Å². The predicted molar refractivity (Wildman–Crippen MR) is 107 cm³/mol. The number of hydrogen-bond acceptors (Lipinski definition) is 5. The van der Waals surface area contributed by atoms with Gasteiger partial charge in [-0.3, -0.25) is 9.78 Å². The topological polar surface area (TPSA) is 69.5 Å². The van der Waals surface area contributed by atoms with Gasteiger partial charge in [-0.05, 0) is 42.5 Å². The monoisotopic (exact) mass is 408 g/mol. The first-order chi connectivity index (χ1) is 14.6. The first kappa shape index (κ1) is 18.9. The van der Waals surface area contributed by atoms with Crippen LogP contribution in [-0.2, 0) is 9.47 Å². The summed E-state index contributed by atoms with van der Waals surface area (Å²) in [5.41, 5.74) is 2.54. The molecule has 4 heterocycles. The van der Waals surface area contributed by atoms with E-state index in [1.54, 1.807) is 40.2 Å². The number of pyridine rings is 1. The Morgan fingerprint density at radius 2 is 1.80 bits per heavy atom. The molecule has 0 bridgehead atoms. The molecule has 0 atom stereocenters. The van der Waals surface area contributed by atoms with Crippen molar-refractivity contribution < 1.29 is 18.7 Å². The standard InChI is InChI=1S/C22H21FN4O3/c23-17-3-5-18(6-4-17)27-20(16-2-1-9-24-15-16)14-19(25-27)21(28)26-10-7-22(8-11-26)29-12-13-30-22/h1-6,9,14-15H,7-8,10-13H2. The summed E-state index contributed by atoms with van der Waals surface area (Å²) in [5, 5.41) is 4.56. The molecular weight excluding hydrogens is 387 g/mol. The fourth-order valence-electron chi connectivity index (χ4n) is 3.98. The van der Waals surface area contributed by atoms with Gasteiger partial charge in [0.2, 0.25) is 0 Å². The molecule has 30 heavy (non-hydrogen) atoms. The number of halogens is 1. The lowest BCUT2D eigenvalue weighted by Gasteiger charge is -2.37. The summed E-state index contributed by atoms with van der Waals surface area (Å²) >= 11 is 0. The second-order valence-corrected chi connectivity index (χ2v) is 7.44. The summed E-state index contributed by atoms with van der Waals surface area (Å²) in [6, 6.07) is 11.5. The lowest BCUT2D eigenvalue weighted by molar-refractivity contribution is -0.181. The third-order valence-corrected chi connectivity index (χ3v) is 5.58. The maximum atomic E-state index is 13.4. The largest absolute Gasteiger partial charge is 0.347 e. The Hall–Kier alpha value is -3.10. The Kier molecular flexibility index (Phi) is 4.80. The van der Waals surface area contributed by atoms with Crippen LogP contribution in [0.1, 0.15) is 23.3 Å². The van der Waals surface area contributed by atoms with Gasteiger partial charge < -0.3 is 14.4 Å². The number of piperidine rings is 1. The SMILES string of the molecule is O=C(c1cc(-c2cccnc2)n(-c2ccc(F)cc2)n1)N1CCC2(CC1)OCCO2. The lowest BCUT2D eigenvalue weighted by atomic mass is 10.0. The van der Waals surface area contributed by atoms with Gasteiger partial charge in [-0.25, -0.2) is 9.07 Å². The molecule has 0 radical (unpaired) electrons. The molecule has 5 rings (SSSR count). The highest BCUT2D eigenvalue weighted by Crippen LogP contribution is 2.32. The van der Waals surface area contributed by atoms with Crippen LogP contribution in [0, 0.1) is 5.82 Å². The van der Waals surface area contributed by atoms with Crippen LogP contribution >= 0.6 is 0 Å². The number of hydrogen-bond donors (Lipinski definition) is 0. The molecule has 0 saturated carbocycles. The van der Waals surface area contributed by atoms with Crippen molar-refractivity contribution in [1.29, 1.82) is 0 Å². The Labute approximate surface area is 173 Å². The van der Waals surface area contributed by atoms with Gasteiger partial charge in [0.05, 0.1) is 24.6 Å². The van der Waals surface area contributed by atoms with E-state index in [0.717, 1.165) is 5.56 Å². The summed E-state index contributed by atoms with van der Waals surface area (Å²) in [7, 11) is 0. The van der Waals surface area contributed by atoms with E-state index in [2.05, 4.69) is 10.1 Å². The Balaban J connectivity index is 1.45. The van der Waals surface area contributed by atoms with E-state index in [0.29, 0.717) is 56.2 Å². The minimum atomic E-state index is -0.537. The second kappa shape index (κ2) is 7.62. The number of benzene rings is 1. The van der Waals surface area contributed by atoms with Gasteiger partial charge in [0.25, 0.3) is 5.91 Å². The first-order valence-electron chi connectivity index (χ1n) is 9.97. The summed E-state index contributed by atoms with van der Waals surface area (Å²) in [4.78, 5) is 19.1. The van der Waals surface area contributed by atoms with Crippen LogP contribution in [0.3, 0.4) is 0 Å². The van der Waals surface area contributed by atoms with Crippen molar-refractivity contribution in [3.8, 4) is 16.9 Å². The zero-order valence-electron chi connectivity index (χ0n) is 16.3. The molecule has 0 N–H and O–H groups in total. The molecule has 3 aromatic rings. The van der Waals surface area contributed by atoms with Gasteiger partial charge in [-0.2, -0.15) is 5.10 Å². The number of likely N-dealkylation sites (tertiary alicyclic amines) is 1. The Bertz CT molecular complexity index is 1040. The summed E-state index contributed by atoms with van der Waals surface area (Å²) in [5.74, 6) is -1.01. The van der Waals surface area contributed by atoms with E-state index >= 15 is 0 Å². The molecule has 2 aliphatic rings. The fraction of sp³-hybridized carbons (Fsp3) is 0.318. The van der Waals surface area contributed by atoms with Crippen molar-refractivity contribution in [2.75, 3.05) is 26.3 Å². The highest BCUT2D eigenvalue weighted by atomic mass is 19.1. The minimum Gasteiger partial charge on any atom is -0.347 e. The molecular formula is C22H21FN4O3. The van der Waals surface area contributed by atoms with E-state index in [1.165, 1.54) is 12.1 Å². The first-order valence-corrected chi connectivity index (χ1v) is 9.97. The van der Waals surface area contributed by atoms with Crippen LogP contribution in [0.5, 0.6) is 0 Å². The van der Waals surface area contributed by atoms with E-state index in [1.807, 2.05) is 12.1 Å². The minimum absolute atomic E-state index is 0.145. The Morgan fingerprint density at radius 3 is 2.47 bits per heavy atom. The zero-order chi connectivity index (χ0) is 20.6. The smallest absolute Gasteiger partial charge is 0.274 e. The molecule has 7 nitrogen and oxygen atoms in total. The van der Waals surface area contributed by atoms with Gasteiger partial charge in [-0.1, -0.05) is 0 Å². The van der Waals surface area contributed by atoms with Crippen LogP contribution in [0.4, 0.5) is 4.39 Å². The molecule has 1 spiro atoms. The average Bonchev–Trinajstić information content (AvgIpc) is 3.43. The predicted octanol–water partition coefficient (Wildman–Crippen LogP) is 3.05. The van der Waals surface area contributed by atoms with Gasteiger partial charge in [-0.15, -0.1) is 0 Å². The number of ether oxygens (including phenoxy) is 2. The maximum Gasteiger partial charge on any atom is 0.274 e. The Morgan fingerprint density at radius 1 is 1.07 bits per heavy atom. The quantitative estimate of drug-likeness (QED) is 0.666. The third-order valence-electron chi connectivity index (χ3n) is 5.58. The van der Waals surface area contributed by atoms with E-state index in [9.17, 15) is 9.18 Å². The van der Waals surface area contributed by atoms with Crippen molar-refractivity contribution in [3.63, 3.8) is 0 Å². The van der Waals surface area contributed by atoms with Gasteiger partial charge >= 0.3 is 0 Å². The van der Waals surface area contributed by atoms with Crippen LogP contribution in [0.15, 0.2) is 54.9 Å². The lowest BCUT2D eigenvalue weighted by Crippen LogP contribution is -2.47. The summed E-state index contributed by atoms with van der Waals surface area (Å²) in [6.45, 7) is 2.30. The van der Waals surface area contributed by atoms with Gasteiger partial charge in [0, 0.05) is 43.9 Å². The van der Waals surface area contributed by atoms with Crippen LogP contribution in [-0.4, -0.2) is 57.7 Å². The van der Waals surface area contributed by atoms with Crippen LogP contribution in [0.2, 0.25) is 0 Å². The zero-order valence-corrected chi connectivity index (χ0v) is 16.3. The van der Waals surface area contributed by atoms with Gasteiger partial charge in [0.15, 0.2) is 11.5 Å². The normalized spacial score (nSPS) is 18.1. The molecule has 1 amide bonds. The maximum absolute atomic E-state index is 13.4. The molecule has 0 aliphatic carbocycles. The van der Waals surface area contributed by atoms with E-state index in [4.69, 9.17) is 9.47 Å². The highest BCUT2D eigenvalue weighted by molar-refractivity contribution is 5.93. The molecule has 154 valence electrons. The summed E-state index contributed by atoms with van der Waals surface area (Å²) in [6.07, 6.45) is 4.69. The van der Waals surface area contributed by atoms with Crippen molar-refractivity contribution in [3.05, 3.63) is 66.4 Å². The second-order valence-electron chi connectivity index (χ2n) is 7.44. The number of aromatic nitrogens is 3. The number of rotatable bonds is 3. The number of carbonyl (C=O) groups is 1. The summed E-state index contributed by atoms with van der Waals surface area (Å²) < 4.78 is 26.6. The average molecular weight is 408 g/mol. The van der Waals surface area contributed by atoms with E-state index < -0.39 is 5.79 Å². The van der Waals surface area contributed by atoms with Crippen LogP contribution < -0.4 is 0 Å². The molecule has 2 aliphatic heterocycles. The van der Waals surface area contributed by atoms with E-state index in [-0.39, 0.29) is 11.7 Å². The van der Waals surface area contributed by atoms with Crippen molar-refractivity contribution in [2.24, 2.45) is 0 Å². The fourth-order valence-corrected chi connectivity index (χ4v) is 3.98. The highest BCUT2D eigenvalue weighted by Gasteiger charge is 2.41. The molecule has 8 heteroatoms. The van der Waals surface area contributed by atoms with Crippen molar-refractivity contribution in [1.82, 2.24) is 19.7 Å². The van der Waals surface area contributed by atoms with Crippen molar-refractivity contribution in [2.45, 2.75) is 18.6 Å². The number of carbonyl (C=O) groups excluding carboxylic acids is 1. The molecule has 1 aromatic carbocycles. The third kappa shape index (κ3) is 3.48. The number of amides is 1. The van der Waals surface area contributed by atoms with Crippen molar-refractivity contribution >= 4 is 5.91 Å². The molecule has 2 saturated heterocycles. The molecule has 2 aromatic heterocycles. The number of nitrogens with zero attached hydrogens (tertiary/aromatic N) is 4. The molecule has 0 unspecified atom stereocenters. The van der Waals surface area contributed by atoms with Gasteiger partial charge in [0.1, 0.15) is 5.82 Å².